The zero-order chi connectivity index (χ0) is 14.3. The molecule has 1 aromatic heterocycles. The molecule has 0 radical (unpaired) electrons. The largest absolute Gasteiger partial charge is 0.330 e. The number of hydrogen-bond acceptors (Lipinski definition) is 2. The topological polar surface area (TPSA) is 29.9 Å². The number of nitrogens with zero attached hydrogens (tertiary/aromatic N) is 2. The molecule has 3 nitrogen and oxygen atoms in total. The average molecular weight is 271 g/mol. The van der Waals surface area contributed by atoms with E-state index in [1.807, 2.05) is 0 Å². The molecule has 0 bridgehead atoms. The Balaban J connectivity index is 1.85. The second-order valence-electron chi connectivity index (χ2n) is 6.84. The van der Waals surface area contributed by atoms with Crippen molar-refractivity contribution in [2.45, 2.75) is 52.1 Å². The van der Waals surface area contributed by atoms with E-state index in [1.165, 1.54) is 24.8 Å². The number of imidazole rings is 1. The predicted octanol–water partition coefficient (Wildman–Crippen LogP) is 3.80. The zero-order valence-corrected chi connectivity index (χ0v) is 13.0. The molecule has 1 saturated carbocycles. The van der Waals surface area contributed by atoms with Gasteiger partial charge in [0.2, 0.25) is 0 Å². The molecule has 1 aliphatic carbocycles. The lowest BCUT2D eigenvalue weighted by molar-refractivity contribution is 0.262. The van der Waals surface area contributed by atoms with Crippen molar-refractivity contribution in [2.75, 3.05) is 0 Å². The van der Waals surface area contributed by atoms with Gasteiger partial charge in [0.25, 0.3) is 0 Å². The number of para-hydroxylation sites is 2. The fraction of sp³-hybridized carbons (Fsp3) is 0.588. The molecule has 2 unspecified atom stereocenters. The highest BCUT2D eigenvalue weighted by atomic mass is 15.1. The molecule has 1 N–H and O–H groups in total. The van der Waals surface area contributed by atoms with Gasteiger partial charge in [0.05, 0.1) is 17.1 Å². The summed E-state index contributed by atoms with van der Waals surface area (Å²) >= 11 is 0. The third-order valence-corrected chi connectivity index (χ3v) is 4.92. The number of aromatic nitrogens is 2. The van der Waals surface area contributed by atoms with Crippen LogP contribution in [0.15, 0.2) is 24.3 Å². The second kappa shape index (κ2) is 4.88. The Labute approximate surface area is 121 Å². The number of benzene rings is 1. The molecule has 2 aromatic rings. The van der Waals surface area contributed by atoms with E-state index in [0.29, 0.717) is 11.5 Å². The highest BCUT2D eigenvalue weighted by Gasteiger charge is 2.35. The molecule has 3 rings (SSSR count). The van der Waals surface area contributed by atoms with E-state index in [1.54, 1.807) is 0 Å². The summed E-state index contributed by atoms with van der Waals surface area (Å²) in [5.41, 5.74) is 2.70. The summed E-state index contributed by atoms with van der Waals surface area (Å²) in [4.78, 5) is 4.80. The van der Waals surface area contributed by atoms with Crippen LogP contribution in [0.4, 0.5) is 0 Å². The van der Waals surface area contributed by atoms with Gasteiger partial charge in [0.1, 0.15) is 5.82 Å². The first kappa shape index (κ1) is 13.6. The van der Waals surface area contributed by atoms with Crippen LogP contribution < -0.4 is 5.32 Å². The quantitative estimate of drug-likeness (QED) is 0.920. The third-order valence-electron chi connectivity index (χ3n) is 4.92. The summed E-state index contributed by atoms with van der Waals surface area (Å²) in [6, 6.07) is 9.24. The first-order valence-electron chi connectivity index (χ1n) is 7.66. The van der Waals surface area contributed by atoms with E-state index in [0.717, 1.165) is 11.3 Å². The molecule has 20 heavy (non-hydrogen) atoms. The number of aryl methyl sites for hydroxylation is 1. The summed E-state index contributed by atoms with van der Waals surface area (Å²) in [6.45, 7) is 6.98. The molecular formula is C17H25N3. The Hall–Kier alpha value is -1.35. The first-order chi connectivity index (χ1) is 9.49. The summed E-state index contributed by atoms with van der Waals surface area (Å²) in [5.74, 6) is 1.13. The van der Waals surface area contributed by atoms with Crippen LogP contribution in [0.5, 0.6) is 0 Å². The standard InChI is InChI=1S/C17H25N3/c1-12(18-15-10-7-11-17(15,2)3)16-19-13-8-5-6-9-14(13)20(16)4/h5-6,8-9,12,15,18H,7,10-11H2,1-4H3. The van der Waals surface area contributed by atoms with Crippen LogP contribution in [-0.2, 0) is 7.05 Å². The lowest BCUT2D eigenvalue weighted by Gasteiger charge is -2.30. The van der Waals surface area contributed by atoms with Gasteiger partial charge < -0.3 is 9.88 Å². The SMILES string of the molecule is CC(NC1CCCC1(C)C)c1nc2ccccc2n1C. The summed E-state index contributed by atoms with van der Waals surface area (Å²) in [6.07, 6.45) is 3.93. The minimum absolute atomic E-state index is 0.287. The average Bonchev–Trinajstić information content (AvgIpc) is 2.91. The summed E-state index contributed by atoms with van der Waals surface area (Å²) in [7, 11) is 2.11. The number of rotatable bonds is 3. The minimum Gasteiger partial charge on any atom is -0.330 e. The molecule has 0 spiro atoms. The second-order valence-corrected chi connectivity index (χ2v) is 6.84. The molecule has 1 aliphatic rings. The van der Waals surface area contributed by atoms with Crippen molar-refractivity contribution in [1.29, 1.82) is 0 Å². The van der Waals surface area contributed by atoms with Gasteiger partial charge in [0, 0.05) is 13.1 Å². The minimum atomic E-state index is 0.287. The monoisotopic (exact) mass is 271 g/mol. The van der Waals surface area contributed by atoms with Crippen molar-refractivity contribution < 1.29 is 0 Å². The van der Waals surface area contributed by atoms with Gasteiger partial charge in [-0.3, -0.25) is 0 Å². The zero-order valence-electron chi connectivity index (χ0n) is 13.0. The van der Waals surface area contributed by atoms with Crippen molar-refractivity contribution in [3.8, 4) is 0 Å². The van der Waals surface area contributed by atoms with Crippen LogP contribution in [0.3, 0.4) is 0 Å². The highest BCUT2D eigenvalue weighted by Crippen LogP contribution is 2.38. The predicted molar refractivity (Wildman–Crippen MR) is 83.7 cm³/mol. The summed E-state index contributed by atoms with van der Waals surface area (Å²) < 4.78 is 2.22. The van der Waals surface area contributed by atoms with Crippen molar-refractivity contribution in [3.63, 3.8) is 0 Å². The van der Waals surface area contributed by atoms with E-state index >= 15 is 0 Å². The molecule has 0 aliphatic heterocycles. The Morgan fingerprint density at radius 3 is 2.75 bits per heavy atom. The Bertz CT molecular complexity index is 612. The van der Waals surface area contributed by atoms with Gasteiger partial charge >= 0.3 is 0 Å². The van der Waals surface area contributed by atoms with E-state index in [2.05, 4.69) is 62.0 Å². The highest BCUT2D eigenvalue weighted by molar-refractivity contribution is 5.75. The molecule has 108 valence electrons. The van der Waals surface area contributed by atoms with Crippen LogP contribution in [0, 0.1) is 5.41 Å². The Morgan fingerprint density at radius 2 is 2.10 bits per heavy atom. The van der Waals surface area contributed by atoms with Crippen molar-refractivity contribution in [2.24, 2.45) is 12.5 Å². The van der Waals surface area contributed by atoms with Crippen molar-refractivity contribution in [1.82, 2.24) is 14.9 Å². The van der Waals surface area contributed by atoms with Gasteiger partial charge in [-0.05, 0) is 37.3 Å². The molecule has 3 heteroatoms. The van der Waals surface area contributed by atoms with Gasteiger partial charge in [0.15, 0.2) is 0 Å². The van der Waals surface area contributed by atoms with E-state index in [4.69, 9.17) is 4.98 Å². The lowest BCUT2D eigenvalue weighted by Crippen LogP contribution is -2.39. The molecule has 1 aromatic carbocycles. The van der Waals surface area contributed by atoms with Crippen LogP contribution in [0.1, 0.15) is 51.9 Å². The number of nitrogens with one attached hydrogen (secondary N) is 1. The fourth-order valence-electron chi connectivity index (χ4n) is 3.56. The van der Waals surface area contributed by atoms with Gasteiger partial charge in [-0.25, -0.2) is 4.98 Å². The Morgan fingerprint density at radius 1 is 1.35 bits per heavy atom. The van der Waals surface area contributed by atoms with Gasteiger partial charge in [-0.15, -0.1) is 0 Å². The van der Waals surface area contributed by atoms with Crippen LogP contribution in [-0.4, -0.2) is 15.6 Å². The third kappa shape index (κ3) is 2.24. The van der Waals surface area contributed by atoms with E-state index in [9.17, 15) is 0 Å². The first-order valence-corrected chi connectivity index (χ1v) is 7.66. The van der Waals surface area contributed by atoms with Gasteiger partial charge in [-0.1, -0.05) is 32.4 Å². The van der Waals surface area contributed by atoms with Crippen LogP contribution in [0.2, 0.25) is 0 Å². The smallest absolute Gasteiger partial charge is 0.126 e. The van der Waals surface area contributed by atoms with E-state index < -0.39 is 0 Å². The molecule has 0 saturated heterocycles. The molecule has 1 heterocycles. The Kier molecular flexibility index (Phi) is 3.33. The number of fused-ring (bicyclic) bond motifs is 1. The lowest BCUT2D eigenvalue weighted by atomic mass is 9.87. The van der Waals surface area contributed by atoms with E-state index in [-0.39, 0.29) is 6.04 Å². The van der Waals surface area contributed by atoms with Gasteiger partial charge in [-0.2, -0.15) is 0 Å². The van der Waals surface area contributed by atoms with Crippen LogP contribution in [0.25, 0.3) is 11.0 Å². The fourth-order valence-corrected chi connectivity index (χ4v) is 3.56. The molecule has 0 amide bonds. The maximum atomic E-state index is 4.80. The molecule has 2 atom stereocenters. The maximum absolute atomic E-state index is 4.80. The molecular weight excluding hydrogens is 246 g/mol. The maximum Gasteiger partial charge on any atom is 0.126 e. The van der Waals surface area contributed by atoms with Crippen LogP contribution >= 0.6 is 0 Å². The number of hydrogen-bond donors (Lipinski definition) is 1. The van der Waals surface area contributed by atoms with Crippen molar-refractivity contribution >= 4 is 11.0 Å². The normalized spacial score (nSPS) is 23.3. The summed E-state index contributed by atoms with van der Waals surface area (Å²) in [5, 5.41) is 3.80. The molecule has 1 fully saturated rings. The van der Waals surface area contributed by atoms with Crippen molar-refractivity contribution in [3.05, 3.63) is 30.1 Å².